The summed E-state index contributed by atoms with van der Waals surface area (Å²) in [6.07, 6.45) is 1.94. The van der Waals surface area contributed by atoms with Gasteiger partial charge in [-0.15, -0.1) is 0 Å². The fourth-order valence-electron chi connectivity index (χ4n) is 2.02. The molecule has 0 aromatic heterocycles. The Labute approximate surface area is 91.9 Å². The maximum atomic E-state index is 8.84. The molecule has 1 aliphatic rings. The zero-order valence-corrected chi connectivity index (χ0v) is 9.78. The lowest BCUT2D eigenvalue weighted by molar-refractivity contribution is 0.106. The van der Waals surface area contributed by atoms with Crippen molar-refractivity contribution < 1.29 is 9.94 Å². The van der Waals surface area contributed by atoms with Crippen molar-refractivity contribution in [1.29, 1.82) is 0 Å². The van der Waals surface area contributed by atoms with Gasteiger partial charge in [-0.1, -0.05) is 12.1 Å². The summed E-state index contributed by atoms with van der Waals surface area (Å²) in [5, 5.41) is 12.2. The summed E-state index contributed by atoms with van der Waals surface area (Å²) in [6.45, 7) is 8.73. The van der Waals surface area contributed by atoms with Crippen LogP contribution >= 0.6 is 0 Å². The monoisotopic (exact) mass is 214 g/mol. The number of oxime groups is 1. The van der Waals surface area contributed by atoms with E-state index in [1.165, 1.54) is 0 Å². The van der Waals surface area contributed by atoms with E-state index in [9.17, 15) is 0 Å². The van der Waals surface area contributed by atoms with Gasteiger partial charge in [-0.2, -0.15) is 0 Å². The largest absolute Gasteiger partial charge is 0.411 e. The molecule has 0 spiro atoms. The van der Waals surface area contributed by atoms with E-state index in [0.29, 0.717) is 5.92 Å². The van der Waals surface area contributed by atoms with Gasteiger partial charge in [-0.3, -0.25) is 0 Å². The molecule has 15 heavy (non-hydrogen) atoms. The van der Waals surface area contributed by atoms with Crippen molar-refractivity contribution in [3.63, 3.8) is 0 Å². The lowest BCUT2D eigenvalue weighted by Crippen LogP contribution is -2.42. The maximum Gasteiger partial charge on any atom is 0.0627 e. The third-order valence-electron chi connectivity index (χ3n) is 3.01. The smallest absolute Gasteiger partial charge is 0.0627 e. The molecule has 4 heteroatoms. The summed E-state index contributed by atoms with van der Waals surface area (Å²) >= 11 is 0. The number of nitrogens with zero attached hydrogens (tertiary/aromatic N) is 2. The van der Waals surface area contributed by atoms with Gasteiger partial charge in [0.2, 0.25) is 0 Å². The van der Waals surface area contributed by atoms with Crippen LogP contribution in [0.1, 0.15) is 26.7 Å². The molecule has 0 amide bonds. The molecule has 1 unspecified atom stereocenters. The van der Waals surface area contributed by atoms with Gasteiger partial charge in [0.15, 0.2) is 0 Å². The van der Waals surface area contributed by atoms with Gasteiger partial charge in [0, 0.05) is 38.6 Å². The minimum atomic E-state index is 0.422. The standard InChI is InChI=1S/C11H22N2O2/c1-3-10-9-13(7-8-15-4-2)6-5-11(10)12-14/h10,14H,3-9H2,1-2H3. The van der Waals surface area contributed by atoms with Crippen LogP contribution in [-0.4, -0.2) is 48.7 Å². The van der Waals surface area contributed by atoms with E-state index >= 15 is 0 Å². The van der Waals surface area contributed by atoms with Crippen molar-refractivity contribution in [1.82, 2.24) is 4.90 Å². The van der Waals surface area contributed by atoms with Gasteiger partial charge >= 0.3 is 0 Å². The summed E-state index contributed by atoms with van der Waals surface area (Å²) in [6, 6.07) is 0. The number of piperidine rings is 1. The van der Waals surface area contributed by atoms with E-state index in [1.807, 2.05) is 6.92 Å². The molecule has 1 N–H and O–H groups in total. The van der Waals surface area contributed by atoms with E-state index in [2.05, 4.69) is 17.0 Å². The molecule has 1 atom stereocenters. The highest BCUT2D eigenvalue weighted by Crippen LogP contribution is 2.16. The molecular formula is C11H22N2O2. The fourth-order valence-corrected chi connectivity index (χ4v) is 2.02. The Morgan fingerprint density at radius 1 is 1.53 bits per heavy atom. The van der Waals surface area contributed by atoms with Gasteiger partial charge in [0.05, 0.1) is 12.3 Å². The average Bonchev–Trinajstić information content (AvgIpc) is 2.29. The molecule has 1 saturated heterocycles. The third kappa shape index (κ3) is 3.80. The summed E-state index contributed by atoms with van der Waals surface area (Å²) in [5.74, 6) is 0.422. The van der Waals surface area contributed by atoms with E-state index in [4.69, 9.17) is 9.94 Å². The highest BCUT2D eigenvalue weighted by atomic mass is 16.5. The lowest BCUT2D eigenvalue weighted by Gasteiger charge is -2.32. The molecule has 1 fully saturated rings. The molecule has 4 nitrogen and oxygen atoms in total. The highest BCUT2D eigenvalue weighted by Gasteiger charge is 2.24. The van der Waals surface area contributed by atoms with E-state index in [0.717, 1.165) is 51.4 Å². The molecule has 1 aliphatic heterocycles. The van der Waals surface area contributed by atoms with Gasteiger partial charge in [0.1, 0.15) is 0 Å². The van der Waals surface area contributed by atoms with Crippen molar-refractivity contribution in [3.8, 4) is 0 Å². The molecular weight excluding hydrogens is 192 g/mol. The first-order valence-electron chi connectivity index (χ1n) is 5.82. The van der Waals surface area contributed by atoms with Crippen LogP contribution in [0.25, 0.3) is 0 Å². The second-order valence-electron chi connectivity index (χ2n) is 3.94. The van der Waals surface area contributed by atoms with Crippen LogP contribution in [0.3, 0.4) is 0 Å². The minimum absolute atomic E-state index is 0.422. The van der Waals surface area contributed by atoms with Crippen molar-refractivity contribution in [2.24, 2.45) is 11.1 Å². The molecule has 1 heterocycles. The number of likely N-dealkylation sites (tertiary alicyclic amines) is 1. The SMILES string of the molecule is CCOCCN1CCC(=NO)C(CC)C1. The second-order valence-corrected chi connectivity index (χ2v) is 3.94. The second kappa shape index (κ2) is 6.80. The molecule has 0 saturated carbocycles. The zero-order valence-electron chi connectivity index (χ0n) is 9.78. The molecule has 0 aromatic carbocycles. The number of rotatable bonds is 5. The average molecular weight is 214 g/mol. The predicted octanol–water partition coefficient (Wildman–Crippen LogP) is 1.58. The van der Waals surface area contributed by atoms with Crippen molar-refractivity contribution in [3.05, 3.63) is 0 Å². The Kier molecular flexibility index (Phi) is 5.65. The van der Waals surface area contributed by atoms with Crippen LogP contribution in [0.15, 0.2) is 5.16 Å². The van der Waals surface area contributed by atoms with Crippen LogP contribution in [0.5, 0.6) is 0 Å². The highest BCUT2D eigenvalue weighted by molar-refractivity contribution is 5.87. The quantitative estimate of drug-likeness (QED) is 0.429. The van der Waals surface area contributed by atoms with E-state index in [-0.39, 0.29) is 0 Å². The Morgan fingerprint density at radius 2 is 2.33 bits per heavy atom. The van der Waals surface area contributed by atoms with Crippen LogP contribution < -0.4 is 0 Å². The van der Waals surface area contributed by atoms with E-state index < -0.39 is 0 Å². The van der Waals surface area contributed by atoms with Gasteiger partial charge < -0.3 is 14.8 Å². The first-order chi connectivity index (χ1) is 7.31. The summed E-state index contributed by atoms with van der Waals surface area (Å²) < 4.78 is 5.34. The Bertz CT molecular complexity index is 207. The Hall–Kier alpha value is -0.610. The van der Waals surface area contributed by atoms with Gasteiger partial charge in [-0.25, -0.2) is 0 Å². The molecule has 0 radical (unpaired) electrons. The summed E-state index contributed by atoms with van der Waals surface area (Å²) in [7, 11) is 0. The maximum absolute atomic E-state index is 8.84. The number of hydrogen-bond acceptors (Lipinski definition) is 4. The van der Waals surface area contributed by atoms with Crippen LogP contribution in [-0.2, 0) is 4.74 Å². The van der Waals surface area contributed by atoms with Crippen LogP contribution in [0, 0.1) is 5.92 Å². The topological polar surface area (TPSA) is 45.1 Å². The molecule has 0 aliphatic carbocycles. The number of hydrogen-bond donors (Lipinski definition) is 1. The Morgan fingerprint density at radius 3 is 2.93 bits per heavy atom. The number of ether oxygens (including phenoxy) is 1. The molecule has 0 aromatic rings. The normalized spacial score (nSPS) is 26.0. The van der Waals surface area contributed by atoms with Crippen molar-refractivity contribution >= 4 is 5.71 Å². The van der Waals surface area contributed by atoms with Crippen LogP contribution in [0.4, 0.5) is 0 Å². The minimum Gasteiger partial charge on any atom is -0.411 e. The lowest BCUT2D eigenvalue weighted by atomic mass is 9.93. The molecule has 1 rings (SSSR count). The predicted molar refractivity (Wildman–Crippen MR) is 60.6 cm³/mol. The summed E-state index contributed by atoms with van der Waals surface area (Å²) in [4.78, 5) is 2.39. The Balaban J connectivity index is 2.32. The van der Waals surface area contributed by atoms with Gasteiger partial charge in [-0.05, 0) is 13.3 Å². The van der Waals surface area contributed by atoms with Crippen molar-refractivity contribution in [2.75, 3.05) is 32.8 Å². The molecule has 88 valence electrons. The first-order valence-corrected chi connectivity index (χ1v) is 5.82. The first kappa shape index (κ1) is 12.5. The van der Waals surface area contributed by atoms with Gasteiger partial charge in [0.25, 0.3) is 0 Å². The summed E-state index contributed by atoms with van der Waals surface area (Å²) in [5.41, 5.74) is 0.963. The van der Waals surface area contributed by atoms with E-state index in [1.54, 1.807) is 0 Å². The van der Waals surface area contributed by atoms with Crippen LogP contribution in [0.2, 0.25) is 0 Å². The fraction of sp³-hybridized carbons (Fsp3) is 0.909. The van der Waals surface area contributed by atoms with Crippen molar-refractivity contribution in [2.45, 2.75) is 26.7 Å². The third-order valence-corrected chi connectivity index (χ3v) is 3.01. The zero-order chi connectivity index (χ0) is 11.1. The molecule has 0 bridgehead atoms.